The molecule has 0 spiro atoms. The molecule has 1 atom stereocenters. The van der Waals surface area contributed by atoms with Gasteiger partial charge in [-0.05, 0) is 79.9 Å². The van der Waals surface area contributed by atoms with Crippen LogP contribution in [0.1, 0.15) is 18.9 Å². The lowest BCUT2D eigenvalue weighted by molar-refractivity contribution is -0.132. The minimum Gasteiger partial charge on any atom is -0.368 e. The first-order chi connectivity index (χ1) is 18.2. The summed E-state index contributed by atoms with van der Waals surface area (Å²) in [5, 5.41) is 0.198. The summed E-state index contributed by atoms with van der Waals surface area (Å²) >= 11 is 5.85. The molecule has 1 N–H and O–H groups in total. The zero-order valence-corrected chi connectivity index (χ0v) is 22.6. The maximum Gasteiger partial charge on any atom is 0.261 e. The van der Waals surface area contributed by atoms with Crippen LogP contribution in [0.15, 0.2) is 65.7 Å². The summed E-state index contributed by atoms with van der Waals surface area (Å²) in [6.07, 6.45) is 3.14. The van der Waals surface area contributed by atoms with Crippen molar-refractivity contribution < 1.29 is 17.6 Å². The van der Waals surface area contributed by atoms with Crippen LogP contribution in [-0.4, -0.2) is 63.0 Å². The number of fused-ring (bicyclic) bond motifs is 1. The summed E-state index contributed by atoms with van der Waals surface area (Å²) in [6, 6.07) is 14.1. The maximum atomic E-state index is 13.7. The number of rotatable bonds is 6. The third-order valence-electron chi connectivity index (χ3n) is 7.10. The van der Waals surface area contributed by atoms with Crippen LogP contribution in [-0.2, 0) is 21.2 Å². The Hall–Kier alpha value is -3.37. The van der Waals surface area contributed by atoms with Crippen molar-refractivity contribution in [3.63, 3.8) is 0 Å². The third kappa shape index (κ3) is 5.56. The van der Waals surface area contributed by atoms with Crippen LogP contribution in [0.2, 0.25) is 5.15 Å². The lowest BCUT2D eigenvalue weighted by Gasteiger charge is -2.41. The average Bonchev–Trinajstić information content (AvgIpc) is 2.91. The van der Waals surface area contributed by atoms with Gasteiger partial charge in [0.15, 0.2) is 0 Å². The smallest absolute Gasteiger partial charge is 0.261 e. The SMILES string of the molecule is C[C@@H](C(=O)N1CCN(c2ccc(S(=O)(=O)Nc3ccnc(Cl)c3)cc2)CC1)N1CCCc2cc(F)ccc21. The van der Waals surface area contributed by atoms with Crippen LogP contribution in [0, 0.1) is 5.82 Å². The monoisotopic (exact) mass is 557 g/mol. The van der Waals surface area contributed by atoms with Gasteiger partial charge >= 0.3 is 0 Å². The Morgan fingerprint density at radius 2 is 1.76 bits per heavy atom. The van der Waals surface area contributed by atoms with Crippen LogP contribution in [0.4, 0.5) is 21.5 Å². The fourth-order valence-electron chi connectivity index (χ4n) is 5.10. The highest BCUT2D eigenvalue weighted by Gasteiger charge is 2.31. The molecule has 38 heavy (non-hydrogen) atoms. The quantitative estimate of drug-likeness (QED) is 0.458. The van der Waals surface area contributed by atoms with Crippen LogP contribution in [0.5, 0.6) is 0 Å². The van der Waals surface area contributed by atoms with Gasteiger partial charge in [0, 0.05) is 50.3 Å². The second-order valence-electron chi connectivity index (χ2n) is 9.52. The third-order valence-corrected chi connectivity index (χ3v) is 8.71. The van der Waals surface area contributed by atoms with Crippen molar-refractivity contribution in [2.75, 3.05) is 47.2 Å². The van der Waals surface area contributed by atoms with Gasteiger partial charge in [0.2, 0.25) is 5.91 Å². The molecule has 3 heterocycles. The van der Waals surface area contributed by atoms with Gasteiger partial charge in [-0.15, -0.1) is 0 Å². The minimum atomic E-state index is -3.77. The van der Waals surface area contributed by atoms with E-state index in [9.17, 15) is 17.6 Å². The van der Waals surface area contributed by atoms with Crippen molar-refractivity contribution in [2.24, 2.45) is 0 Å². The molecule has 5 rings (SSSR count). The number of aromatic nitrogens is 1. The number of hydrogen-bond acceptors (Lipinski definition) is 6. The topological polar surface area (TPSA) is 85.8 Å². The molecular formula is C27H29ClFN5O3S. The number of carbonyl (C=O) groups is 1. The Balaban J connectivity index is 1.19. The molecule has 1 saturated heterocycles. The van der Waals surface area contributed by atoms with E-state index in [1.54, 1.807) is 36.4 Å². The normalized spacial score (nSPS) is 16.7. The van der Waals surface area contributed by atoms with Crippen LogP contribution < -0.4 is 14.5 Å². The van der Waals surface area contributed by atoms with Crippen molar-refractivity contribution in [3.8, 4) is 0 Å². The van der Waals surface area contributed by atoms with Gasteiger partial charge in [-0.1, -0.05) is 11.6 Å². The van der Waals surface area contributed by atoms with E-state index < -0.39 is 10.0 Å². The molecule has 1 amide bonds. The highest BCUT2D eigenvalue weighted by Crippen LogP contribution is 2.30. The van der Waals surface area contributed by atoms with Crippen LogP contribution in [0.3, 0.4) is 0 Å². The predicted octanol–water partition coefficient (Wildman–Crippen LogP) is 4.16. The molecule has 2 aliphatic heterocycles. The molecule has 0 aliphatic carbocycles. The van der Waals surface area contributed by atoms with E-state index in [1.807, 2.05) is 11.8 Å². The first-order valence-corrected chi connectivity index (χ1v) is 14.4. The number of hydrogen-bond donors (Lipinski definition) is 1. The summed E-state index contributed by atoms with van der Waals surface area (Å²) in [4.78, 5) is 23.4. The molecule has 0 unspecified atom stereocenters. The van der Waals surface area contributed by atoms with Crippen molar-refractivity contribution in [1.82, 2.24) is 9.88 Å². The number of sulfonamides is 1. The first kappa shape index (κ1) is 26.2. The van der Waals surface area contributed by atoms with E-state index in [0.29, 0.717) is 31.9 Å². The molecule has 0 radical (unpaired) electrons. The van der Waals surface area contributed by atoms with E-state index in [2.05, 4.69) is 19.5 Å². The molecule has 0 bridgehead atoms. The van der Waals surface area contributed by atoms with Gasteiger partial charge in [-0.3, -0.25) is 9.52 Å². The largest absolute Gasteiger partial charge is 0.368 e. The van der Waals surface area contributed by atoms with Gasteiger partial charge in [0.1, 0.15) is 17.0 Å². The molecule has 200 valence electrons. The second-order valence-corrected chi connectivity index (χ2v) is 11.6. The fraction of sp³-hybridized carbons (Fsp3) is 0.333. The van der Waals surface area contributed by atoms with Crippen molar-refractivity contribution in [2.45, 2.75) is 30.7 Å². The lowest BCUT2D eigenvalue weighted by atomic mass is 9.99. The molecule has 8 nitrogen and oxygen atoms in total. The van der Waals surface area contributed by atoms with Crippen molar-refractivity contribution in [1.29, 1.82) is 0 Å². The molecule has 11 heteroatoms. The number of carbonyl (C=O) groups excluding carboxylic acids is 1. The maximum absolute atomic E-state index is 13.7. The summed E-state index contributed by atoms with van der Waals surface area (Å²) in [5.74, 6) is -0.188. The van der Waals surface area contributed by atoms with Gasteiger partial charge in [0.05, 0.1) is 10.6 Å². The van der Waals surface area contributed by atoms with Gasteiger partial charge in [-0.2, -0.15) is 0 Å². The number of piperazine rings is 1. The first-order valence-electron chi connectivity index (χ1n) is 12.5. The Morgan fingerprint density at radius 3 is 2.47 bits per heavy atom. The summed E-state index contributed by atoms with van der Waals surface area (Å²) in [5.41, 5.74) is 3.12. The van der Waals surface area contributed by atoms with Gasteiger partial charge in [0.25, 0.3) is 10.0 Å². The molecule has 1 fully saturated rings. The molecule has 0 saturated carbocycles. The molecular weight excluding hydrogens is 529 g/mol. The summed E-state index contributed by atoms with van der Waals surface area (Å²) in [6.45, 7) is 5.10. The van der Waals surface area contributed by atoms with Crippen LogP contribution in [0.25, 0.3) is 0 Å². The number of halogens is 2. The average molecular weight is 558 g/mol. The fourth-order valence-corrected chi connectivity index (χ4v) is 6.32. The van der Waals surface area contributed by atoms with E-state index in [-0.39, 0.29) is 27.8 Å². The number of pyridine rings is 1. The molecule has 1 aromatic heterocycles. The van der Waals surface area contributed by atoms with Crippen molar-refractivity contribution in [3.05, 3.63) is 77.3 Å². The van der Waals surface area contributed by atoms with Crippen molar-refractivity contribution >= 4 is 44.6 Å². The summed E-state index contributed by atoms with van der Waals surface area (Å²) in [7, 11) is -3.77. The number of nitrogens with zero attached hydrogens (tertiary/aromatic N) is 4. The second kappa shape index (κ2) is 10.8. The van der Waals surface area contributed by atoms with Crippen LogP contribution >= 0.6 is 11.6 Å². The van der Waals surface area contributed by atoms with Gasteiger partial charge < -0.3 is 14.7 Å². The Bertz CT molecular complexity index is 1430. The number of benzene rings is 2. The predicted molar refractivity (Wildman–Crippen MR) is 147 cm³/mol. The number of nitrogens with one attached hydrogen (secondary N) is 1. The molecule has 2 aromatic carbocycles. The van der Waals surface area contributed by atoms with E-state index in [0.717, 1.165) is 36.3 Å². The number of aryl methyl sites for hydroxylation is 1. The highest BCUT2D eigenvalue weighted by atomic mass is 35.5. The Morgan fingerprint density at radius 1 is 1.03 bits per heavy atom. The van der Waals surface area contributed by atoms with Gasteiger partial charge in [-0.25, -0.2) is 17.8 Å². The summed E-state index contributed by atoms with van der Waals surface area (Å²) < 4.78 is 41.7. The number of anilines is 3. The van der Waals surface area contributed by atoms with E-state index in [1.165, 1.54) is 24.4 Å². The Kier molecular flexibility index (Phi) is 7.45. The number of amides is 1. The molecule has 3 aromatic rings. The van der Waals surface area contributed by atoms with E-state index >= 15 is 0 Å². The zero-order valence-electron chi connectivity index (χ0n) is 21.0. The minimum absolute atomic E-state index is 0.0607. The Labute approximate surface area is 227 Å². The van der Waals surface area contributed by atoms with E-state index in [4.69, 9.17) is 11.6 Å². The molecule has 2 aliphatic rings. The highest BCUT2D eigenvalue weighted by molar-refractivity contribution is 7.92. The zero-order chi connectivity index (χ0) is 26.9. The lowest BCUT2D eigenvalue weighted by Crippen LogP contribution is -2.55. The standard InChI is InChI=1S/C27H29ClFN5O3S/c1-19(34-12-2-3-20-17-21(29)4-9-25(20)34)27(35)33-15-13-32(14-16-33)23-5-7-24(8-6-23)38(36,37)31-22-10-11-30-26(28)18-22/h4-11,17-19H,2-3,12-16H2,1H3,(H,30,31)/t19-/m0/s1.